The third kappa shape index (κ3) is 2.57. The zero-order valence-electron chi connectivity index (χ0n) is 16.1. The molecule has 6 rings (SSSR count). The second kappa shape index (κ2) is 6.03. The molecule has 8 atom stereocenters. The molecule has 2 bridgehead atoms. The maximum absolute atomic E-state index is 12.4. The van der Waals surface area contributed by atoms with Crippen LogP contribution in [0.5, 0.6) is 0 Å². The van der Waals surface area contributed by atoms with E-state index in [0.717, 1.165) is 25.7 Å². The number of fused-ring (bicyclic) bond motifs is 2. The number of hydrogen-bond donors (Lipinski definition) is 1. The van der Waals surface area contributed by atoms with E-state index in [2.05, 4.69) is 6.92 Å². The maximum Gasteiger partial charge on any atom is 0.412 e. The summed E-state index contributed by atoms with van der Waals surface area (Å²) in [6.07, 6.45) is 1.56. The molecule has 8 heteroatoms. The van der Waals surface area contributed by atoms with Gasteiger partial charge in [0.25, 0.3) is 0 Å². The normalized spacial score (nSPS) is 51.9. The zero-order chi connectivity index (χ0) is 19.0. The average molecular weight is 383 g/mol. The van der Waals surface area contributed by atoms with E-state index in [1.54, 1.807) is 0 Å². The van der Waals surface area contributed by atoms with Gasteiger partial charge in [-0.3, -0.25) is 0 Å². The molecule has 0 radical (unpaired) electrons. The van der Waals surface area contributed by atoms with Gasteiger partial charge < -0.3 is 24.2 Å². The van der Waals surface area contributed by atoms with Crippen LogP contribution in [0.15, 0.2) is 0 Å². The van der Waals surface area contributed by atoms with Gasteiger partial charge in [0.05, 0.1) is 19.2 Å². The predicted molar refractivity (Wildman–Crippen MR) is 90.9 cm³/mol. The molecule has 1 saturated carbocycles. The number of rotatable bonds is 1. The lowest BCUT2D eigenvalue weighted by molar-refractivity contribution is -0.576. The van der Waals surface area contributed by atoms with Gasteiger partial charge in [0.1, 0.15) is 0 Å². The molecule has 0 aromatic rings. The van der Waals surface area contributed by atoms with Crippen molar-refractivity contribution in [3.8, 4) is 0 Å². The van der Waals surface area contributed by atoms with Gasteiger partial charge in [-0.2, -0.15) is 0 Å². The summed E-state index contributed by atoms with van der Waals surface area (Å²) in [4.78, 5) is 25.7. The minimum atomic E-state index is -0.839. The molecular formula is C19H29NO7. The van der Waals surface area contributed by atoms with Crippen LogP contribution in [0, 0.1) is 23.7 Å². The number of aliphatic hydroxyl groups is 1. The molecule has 6 aliphatic rings. The molecule has 5 heterocycles. The van der Waals surface area contributed by atoms with E-state index in [9.17, 15) is 9.90 Å². The number of nitrogens with zero attached hydrogens (tertiary/aromatic N) is 1. The number of carbonyl (C=O) groups is 1. The highest BCUT2D eigenvalue weighted by atomic mass is 17.3. The Morgan fingerprint density at radius 2 is 1.93 bits per heavy atom. The molecule has 6 fully saturated rings. The standard InChI is InChI=1S/C19H29NO7/c1-10-4-5-14-11(2)15(24-17(22)20-8-12(21)9-20)23-16-19(14)13(10)6-7-18(3,25-16)26-27-19/h10-16,21H,4-9H2,1-3H3/t10-,11-,13+,14+,15?,16+,18-,19-/m1/s1. The van der Waals surface area contributed by atoms with Crippen LogP contribution >= 0.6 is 0 Å². The van der Waals surface area contributed by atoms with Gasteiger partial charge in [-0.15, -0.1) is 0 Å². The van der Waals surface area contributed by atoms with Crippen LogP contribution in [0.2, 0.25) is 0 Å². The summed E-state index contributed by atoms with van der Waals surface area (Å²) in [5.41, 5.74) is -0.650. The van der Waals surface area contributed by atoms with E-state index in [1.165, 1.54) is 4.90 Å². The third-order valence-corrected chi connectivity index (χ3v) is 7.43. The number of ether oxygens (including phenoxy) is 3. The second-order valence-corrected chi connectivity index (χ2v) is 9.22. The van der Waals surface area contributed by atoms with Crippen molar-refractivity contribution in [2.75, 3.05) is 13.1 Å². The van der Waals surface area contributed by atoms with Crippen molar-refractivity contribution in [2.45, 2.75) is 76.5 Å². The van der Waals surface area contributed by atoms with Crippen LogP contribution in [-0.4, -0.2) is 59.3 Å². The largest absolute Gasteiger partial charge is 0.419 e. The monoisotopic (exact) mass is 383 g/mol. The van der Waals surface area contributed by atoms with Gasteiger partial charge in [0.2, 0.25) is 12.1 Å². The molecule has 8 nitrogen and oxygen atoms in total. The third-order valence-electron chi connectivity index (χ3n) is 7.43. The van der Waals surface area contributed by atoms with Crippen molar-refractivity contribution in [1.29, 1.82) is 0 Å². The molecule has 1 aliphatic carbocycles. The number of aliphatic hydroxyl groups excluding tert-OH is 1. The Morgan fingerprint density at radius 3 is 2.67 bits per heavy atom. The first-order valence-corrected chi connectivity index (χ1v) is 10.2. The highest BCUT2D eigenvalue weighted by molar-refractivity contribution is 5.68. The van der Waals surface area contributed by atoms with Crippen molar-refractivity contribution in [2.24, 2.45) is 23.7 Å². The molecule has 1 N–H and O–H groups in total. The smallest absolute Gasteiger partial charge is 0.412 e. The van der Waals surface area contributed by atoms with Crippen LogP contribution in [0.25, 0.3) is 0 Å². The zero-order valence-corrected chi connectivity index (χ0v) is 16.1. The Balaban J connectivity index is 1.42. The summed E-state index contributed by atoms with van der Waals surface area (Å²) >= 11 is 0. The van der Waals surface area contributed by atoms with Crippen molar-refractivity contribution in [3.63, 3.8) is 0 Å². The quantitative estimate of drug-likeness (QED) is 0.693. The van der Waals surface area contributed by atoms with Crippen LogP contribution in [0.1, 0.15) is 46.5 Å². The minimum Gasteiger partial charge on any atom is -0.419 e. The van der Waals surface area contributed by atoms with Crippen LogP contribution in [-0.2, 0) is 24.0 Å². The van der Waals surface area contributed by atoms with Crippen LogP contribution < -0.4 is 0 Å². The lowest BCUT2D eigenvalue weighted by atomic mass is 9.58. The first-order valence-electron chi connectivity index (χ1n) is 10.2. The van der Waals surface area contributed by atoms with E-state index in [4.69, 9.17) is 24.0 Å². The van der Waals surface area contributed by atoms with Crippen molar-refractivity contribution < 1.29 is 33.9 Å². The van der Waals surface area contributed by atoms with Crippen LogP contribution in [0.4, 0.5) is 4.79 Å². The van der Waals surface area contributed by atoms with Gasteiger partial charge in [-0.1, -0.05) is 13.8 Å². The molecule has 1 unspecified atom stereocenters. The number of hydrogen-bond acceptors (Lipinski definition) is 7. The van der Waals surface area contributed by atoms with Gasteiger partial charge in [0, 0.05) is 18.3 Å². The molecular weight excluding hydrogens is 354 g/mol. The minimum absolute atomic E-state index is 0.0407. The number of β-amino-alcohol motifs (C(OH)–C–C–N with tert-alkyl or cyclic N) is 1. The highest BCUT2D eigenvalue weighted by Crippen LogP contribution is 2.60. The fourth-order valence-electron chi connectivity index (χ4n) is 5.78. The fourth-order valence-corrected chi connectivity index (χ4v) is 5.78. The van der Waals surface area contributed by atoms with E-state index < -0.39 is 36.2 Å². The molecule has 0 aromatic heterocycles. The fraction of sp³-hybridized carbons (Fsp3) is 0.947. The Bertz CT molecular complexity index is 625. The maximum atomic E-state index is 12.4. The lowest BCUT2D eigenvalue weighted by Crippen LogP contribution is -2.70. The lowest BCUT2D eigenvalue weighted by Gasteiger charge is -2.60. The van der Waals surface area contributed by atoms with E-state index in [0.29, 0.717) is 19.0 Å². The van der Waals surface area contributed by atoms with E-state index >= 15 is 0 Å². The first kappa shape index (κ1) is 18.1. The summed E-state index contributed by atoms with van der Waals surface area (Å²) in [6, 6.07) is 0. The Labute approximate surface area is 158 Å². The topological polar surface area (TPSA) is 86.7 Å². The average Bonchev–Trinajstić information content (AvgIpc) is 2.83. The van der Waals surface area contributed by atoms with Crippen LogP contribution in [0.3, 0.4) is 0 Å². The molecule has 0 aromatic carbocycles. The number of likely N-dealkylation sites (tertiary alicyclic amines) is 1. The molecule has 1 amide bonds. The second-order valence-electron chi connectivity index (χ2n) is 9.22. The molecule has 5 saturated heterocycles. The molecule has 152 valence electrons. The van der Waals surface area contributed by atoms with E-state index in [-0.39, 0.29) is 17.8 Å². The summed E-state index contributed by atoms with van der Waals surface area (Å²) in [7, 11) is 0. The summed E-state index contributed by atoms with van der Waals surface area (Å²) < 4.78 is 18.1. The number of amides is 1. The highest BCUT2D eigenvalue weighted by Gasteiger charge is 2.69. The van der Waals surface area contributed by atoms with E-state index in [1.807, 2.05) is 13.8 Å². The predicted octanol–water partition coefficient (Wildman–Crippen LogP) is 2.01. The van der Waals surface area contributed by atoms with Crippen molar-refractivity contribution in [3.05, 3.63) is 0 Å². The molecule has 5 aliphatic heterocycles. The molecule has 27 heavy (non-hydrogen) atoms. The first-order chi connectivity index (χ1) is 12.8. The van der Waals surface area contributed by atoms with Gasteiger partial charge in [-0.05, 0) is 38.0 Å². The molecule has 1 spiro atoms. The number of carbonyl (C=O) groups excluding carboxylic acids is 1. The summed E-state index contributed by atoms with van der Waals surface area (Å²) in [6.45, 7) is 6.81. The van der Waals surface area contributed by atoms with Crippen molar-refractivity contribution >= 4 is 6.09 Å². The van der Waals surface area contributed by atoms with Crippen molar-refractivity contribution in [1.82, 2.24) is 4.90 Å². The SMILES string of the molecule is C[C@@H]1CC[C@H]2[C@@H](C)C(OC(=O)N3CC(O)C3)O[C@H]3O[C@@]4(C)CC[C@@H]1[C@]32OO4. The summed E-state index contributed by atoms with van der Waals surface area (Å²) in [5, 5.41) is 9.42. The van der Waals surface area contributed by atoms with Gasteiger partial charge in [-0.25, -0.2) is 14.6 Å². The summed E-state index contributed by atoms with van der Waals surface area (Å²) in [5.74, 6) is 0.0267. The van der Waals surface area contributed by atoms with Gasteiger partial charge >= 0.3 is 6.09 Å². The Kier molecular flexibility index (Phi) is 4.05. The van der Waals surface area contributed by atoms with Gasteiger partial charge in [0.15, 0.2) is 11.9 Å². The Morgan fingerprint density at radius 1 is 1.15 bits per heavy atom. The Hall–Kier alpha value is -0.930.